The fraction of sp³-hybridized carbons (Fsp3) is 0.353. The van der Waals surface area contributed by atoms with Crippen LogP contribution in [-0.2, 0) is 4.79 Å². The molecule has 1 saturated heterocycles. The van der Waals surface area contributed by atoms with E-state index in [9.17, 15) is 4.79 Å². The minimum atomic E-state index is -0.261. The number of para-hydroxylation sites is 1. The third-order valence-electron chi connectivity index (χ3n) is 4.36. The summed E-state index contributed by atoms with van der Waals surface area (Å²) in [5.41, 5.74) is 1.74. The monoisotopic (exact) mass is 300 g/mol. The van der Waals surface area contributed by atoms with E-state index >= 15 is 0 Å². The van der Waals surface area contributed by atoms with Gasteiger partial charge >= 0.3 is 0 Å². The van der Waals surface area contributed by atoms with Gasteiger partial charge in [-0.1, -0.05) is 31.2 Å². The van der Waals surface area contributed by atoms with E-state index in [4.69, 9.17) is 0 Å². The van der Waals surface area contributed by atoms with Crippen molar-refractivity contribution in [3.05, 3.63) is 41.8 Å². The van der Waals surface area contributed by atoms with Gasteiger partial charge in [-0.25, -0.2) is 0 Å². The Morgan fingerprint density at radius 1 is 1.33 bits per heavy atom. The van der Waals surface area contributed by atoms with Gasteiger partial charge in [0.25, 0.3) is 0 Å². The molecule has 1 aliphatic rings. The molecule has 1 aromatic heterocycles. The third kappa shape index (κ3) is 2.74. The molecule has 110 valence electrons. The van der Waals surface area contributed by atoms with Crippen LogP contribution in [0, 0.1) is 5.41 Å². The minimum absolute atomic E-state index is 0.138. The number of hydrogen-bond acceptors (Lipinski definition) is 3. The van der Waals surface area contributed by atoms with Crippen molar-refractivity contribution in [1.82, 2.24) is 5.32 Å². The van der Waals surface area contributed by atoms with E-state index in [1.54, 1.807) is 11.3 Å². The molecular weight excluding hydrogens is 280 g/mol. The van der Waals surface area contributed by atoms with Gasteiger partial charge in [-0.05, 0) is 36.9 Å². The number of nitrogens with one attached hydrogen (secondary N) is 2. The van der Waals surface area contributed by atoms with Crippen molar-refractivity contribution < 1.29 is 4.79 Å². The van der Waals surface area contributed by atoms with E-state index in [1.807, 2.05) is 24.3 Å². The van der Waals surface area contributed by atoms with E-state index in [-0.39, 0.29) is 11.3 Å². The summed E-state index contributed by atoms with van der Waals surface area (Å²) in [4.78, 5) is 13.9. The molecule has 1 unspecified atom stereocenters. The van der Waals surface area contributed by atoms with Crippen LogP contribution in [0.1, 0.15) is 19.8 Å². The van der Waals surface area contributed by atoms with Gasteiger partial charge in [0.1, 0.15) is 0 Å². The van der Waals surface area contributed by atoms with Gasteiger partial charge in [0.2, 0.25) is 5.91 Å². The highest BCUT2D eigenvalue weighted by atomic mass is 32.1. The molecule has 0 bridgehead atoms. The van der Waals surface area contributed by atoms with E-state index < -0.39 is 0 Å². The molecule has 0 saturated carbocycles. The van der Waals surface area contributed by atoms with Crippen molar-refractivity contribution in [2.75, 3.05) is 18.4 Å². The van der Waals surface area contributed by atoms with Crippen molar-refractivity contribution in [2.24, 2.45) is 5.41 Å². The van der Waals surface area contributed by atoms with Gasteiger partial charge in [0, 0.05) is 22.7 Å². The van der Waals surface area contributed by atoms with Crippen LogP contribution in [0.2, 0.25) is 0 Å². The lowest BCUT2D eigenvalue weighted by Gasteiger charge is -2.25. The van der Waals surface area contributed by atoms with Crippen molar-refractivity contribution >= 4 is 22.9 Å². The van der Waals surface area contributed by atoms with Crippen LogP contribution in [0.25, 0.3) is 10.4 Å². The summed E-state index contributed by atoms with van der Waals surface area (Å²) in [6.07, 6.45) is 1.78. The first-order valence-corrected chi connectivity index (χ1v) is 8.28. The van der Waals surface area contributed by atoms with E-state index in [1.165, 1.54) is 4.88 Å². The number of carbonyl (C=O) groups excluding carboxylic acids is 1. The largest absolute Gasteiger partial charge is 0.325 e. The molecule has 3 rings (SSSR count). The zero-order valence-corrected chi connectivity index (χ0v) is 13.0. The molecule has 4 heteroatoms. The summed E-state index contributed by atoms with van der Waals surface area (Å²) < 4.78 is 0. The molecule has 0 spiro atoms. The predicted octanol–water partition coefficient (Wildman–Crippen LogP) is 3.74. The zero-order chi connectivity index (χ0) is 14.7. The topological polar surface area (TPSA) is 41.1 Å². The Balaban J connectivity index is 1.87. The van der Waals surface area contributed by atoms with Crippen molar-refractivity contribution in [1.29, 1.82) is 0 Å². The van der Waals surface area contributed by atoms with E-state index in [2.05, 4.69) is 35.1 Å². The predicted molar refractivity (Wildman–Crippen MR) is 88.6 cm³/mol. The van der Waals surface area contributed by atoms with E-state index in [0.29, 0.717) is 0 Å². The molecule has 1 aromatic carbocycles. The first-order chi connectivity index (χ1) is 10.2. The molecule has 2 heterocycles. The lowest BCUT2D eigenvalue weighted by molar-refractivity contribution is -0.124. The molecule has 1 atom stereocenters. The molecule has 2 N–H and O–H groups in total. The van der Waals surface area contributed by atoms with Crippen LogP contribution in [-0.4, -0.2) is 19.0 Å². The van der Waals surface area contributed by atoms with Gasteiger partial charge in [0.15, 0.2) is 0 Å². The van der Waals surface area contributed by atoms with Gasteiger partial charge in [-0.15, -0.1) is 11.3 Å². The molecule has 1 fully saturated rings. The third-order valence-corrected chi connectivity index (χ3v) is 5.27. The lowest BCUT2D eigenvalue weighted by Crippen LogP contribution is -2.37. The number of hydrogen-bond donors (Lipinski definition) is 2. The second-order valence-corrected chi connectivity index (χ2v) is 6.49. The standard InChI is InChI=1S/C17H20N2OS/c1-2-17(9-10-18-12-17)16(20)19-14-7-4-3-6-13(14)15-8-5-11-21-15/h3-8,11,18H,2,9-10,12H2,1H3,(H,19,20). The SMILES string of the molecule is CCC1(C(=O)Nc2ccccc2-c2cccs2)CCNC1. The van der Waals surface area contributed by atoms with Gasteiger partial charge in [0.05, 0.1) is 5.41 Å². The molecule has 1 aliphatic heterocycles. The number of benzene rings is 1. The van der Waals surface area contributed by atoms with Crippen molar-refractivity contribution in [3.63, 3.8) is 0 Å². The van der Waals surface area contributed by atoms with Crippen molar-refractivity contribution in [3.8, 4) is 10.4 Å². The molecule has 21 heavy (non-hydrogen) atoms. The molecule has 0 aliphatic carbocycles. The smallest absolute Gasteiger partial charge is 0.231 e. The quantitative estimate of drug-likeness (QED) is 0.903. The van der Waals surface area contributed by atoms with Crippen molar-refractivity contribution in [2.45, 2.75) is 19.8 Å². The summed E-state index contributed by atoms with van der Waals surface area (Å²) in [5, 5.41) is 8.53. The fourth-order valence-corrected chi connectivity index (χ4v) is 3.66. The average molecular weight is 300 g/mol. The molecule has 2 aromatic rings. The van der Waals surface area contributed by atoms with Crippen LogP contribution in [0.5, 0.6) is 0 Å². The highest BCUT2D eigenvalue weighted by Gasteiger charge is 2.39. The highest BCUT2D eigenvalue weighted by molar-refractivity contribution is 7.13. The maximum Gasteiger partial charge on any atom is 0.231 e. The number of carbonyl (C=O) groups is 1. The molecule has 3 nitrogen and oxygen atoms in total. The summed E-state index contributed by atoms with van der Waals surface area (Å²) >= 11 is 1.69. The summed E-state index contributed by atoms with van der Waals surface area (Å²) in [6, 6.07) is 12.1. The normalized spacial score (nSPS) is 21.4. The Hall–Kier alpha value is -1.65. The Bertz CT molecular complexity index is 615. The van der Waals surface area contributed by atoms with Crippen LogP contribution in [0.3, 0.4) is 0 Å². The number of anilines is 1. The average Bonchev–Trinajstić information content (AvgIpc) is 3.20. The van der Waals surface area contributed by atoms with Gasteiger partial charge in [-0.3, -0.25) is 4.79 Å². The van der Waals surface area contributed by atoms with E-state index in [0.717, 1.165) is 37.2 Å². The first-order valence-electron chi connectivity index (χ1n) is 7.40. The number of amides is 1. The lowest BCUT2D eigenvalue weighted by atomic mass is 9.83. The second kappa shape index (κ2) is 6.00. The van der Waals surface area contributed by atoms with Gasteiger partial charge in [-0.2, -0.15) is 0 Å². The second-order valence-electron chi connectivity index (χ2n) is 5.54. The first kappa shape index (κ1) is 14.3. The maximum atomic E-state index is 12.7. The van der Waals surface area contributed by atoms with Crippen LogP contribution >= 0.6 is 11.3 Å². The summed E-state index contributed by atoms with van der Waals surface area (Å²) in [5.74, 6) is 0.138. The Morgan fingerprint density at radius 3 is 2.86 bits per heavy atom. The fourth-order valence-electron chi connectivity index (χ4n) is 2.89. The minimum Gasteiger partial charge on any atom is -0.325 e. The van der Waals surface area contributed by atoms with Crippen LogP contribution in [0.15, 0.2) is 41.8 Å². The maximum absolute atomic E-state index is 12.7. The Labute approximate surface area is 129 Å². The summed E-state index contributed by atoms with van der Waals surface area (Å²) in [6.45, 7) is 3.79. The number of thiophene rings is 1. The number of rotatable bonds is 4. The zero-order valence-electron chi connectivity index (χ0n) is 12.2. The van der Waals surface area contributed by atoms with Crippen LogP contribution in [0.4, 0.5) is 5.69 Å². The molecule has 0 radical (unpaired) electrons. The molecule has 1 amide bonds. The highest BCUT2D eigenvalue weighted by Crippen LogP contribution is 2.35. The van der Waals surface area contributed by atoms with Gasteiger partial charge < -0.3 is 10.6 Å². The Morgan fingerprint density at radius 2 is 2.19 bits per heavy atom. The molecular formula is C17H20N2OS. The summed E-state index contributed by atoms with van der Waals surface area (Å²) in [7, 11) is 0. The Kier molecular flexibility index (Phi) is 4.08. The van der Waals surface area contributed by atoms with Crippen LogP contribution < -0.4 is 10.6 Å².